The van der Waals surface area contributed by atoms with E-state index in [0.29, 0.717) is 11.5 Å². The molecule has 0 amide bonds. The maximum absolute atomic E-state index is 13.9. The summed E-state index contributed by atoms with van der Waals surface area (Å²) in [4.78, 5) is 8.60. The first kappa shape index (κ1) is 18.3. The molecule has 1 fully saturated rings. The number of aromatic nitrogens is 1. The van der Waals surface area contributed by atoms with E-state index in [2.05, 4.69) is 22.4 Å². The fourth-order valence-corrected chi connectivity index (χ4v) is 3.04. The monoisotopic (exact) mass is 361 g/mol. The number of benzene rings is 1. The highest BCUT2D eigenvalue weighted by atomic mass is 19.1. The van der Waals surface area contributed by atoms with Crippen molar-refractivity contribution in [1.82, 2.24) is 10.5 Å². The first-order chi connectivity index (χ1) is 12.6. The van der Waals surface area contributed by atoms with Crippen LogP contribution in [0.5, 0.6) is 11.6 Å². The Kier molecular flexibility index (Phi) is 5.78. The summed E-state index contributed by atoms with van der Waals surface area (Å²) < 4.78 is 33.1. The summed E-state index contributed by atoms with van der Waals surface area (Å²) in [5.74, 6) is -1.41. The number of halogens is 2. The van der Waals surface area contributed by atoms with Gasteiger partial charge >= 0.3 is 0 Å². The zero-order chi connectivity index (χ0) is 18.5. The van der Waals surface area contributed by atoms with Crippen LogP contribution in [0, 0.1) is 17.6 Å². The zero-order valence-corrected chi connectivity index (χ0v) is 14.5. The van der Waals surface area contributed by atoms with E-state index in [0.717, 1.165) is 37.8 Å². The van der Waals surface area contributed by atoms with E-state index in [-0.39, 0.29) is 17.8 Å². The van der Waals surface area contributed by atoms with Crippen LogP contribution in [-0.2, 0) is 0 Å². The van der Waals surface area contributed by atoms with Gasteiger partial charge in [-0.2, -0.15) is 0 Å². The summed E-state index contributed by atoms with van der Waals surface area (Å²) >= 11 is 0. The molecule has 3 rings (SSSR count). The van der Waals surface area contributed by atoms with E-state index >= 15 is 0 Å². The zero-order valence-electron chi connectivity index (χ0n) is 14.5. The number of hydrogen-bond acceptors (Lipinski definition) is 4. The summed E-state index contributed by atoms with van der Waals surface area (Å²) in [5.41, 5.74) is 2.40. The lowest BCUT2D eigenvalue weighted by Crippen LogP contribution is -2.25. The highest BCUT2D eigenvalue weighted by Gasteiger charge is 2.21. The van der Waals surface area contributed by atoms with Gasteiger partial charge in [-0.3, -0.25) is 15.7 Å². The summed E-state index contributed by atoms with van der Waals surface area (Å²) in [6, 6.07) is 6.78. The molecule has 0 unspecified atom stereocenters. The van der Waals surface area contributed by atoms with E-state index in [1.54, 1.807) is 12.1 Å². The summed E-state index contributed by atoms with van der Waals surface area (Å²) in [6.07, 6.45) is 5.43. The number of pyridine rings is 1. The Morgan fingerprint density at radius 1 is 1.15 bits per heavy atom. The van der Waals surface area contributed by atoms with Crippen LogP contribution >= 0.6 is 0 Å². The Morgan fingerprint density at radius 3 is 2.50 bits per heavy atom. The molecule has 1 aliphatic rings. The van der Waals surface area contributed by atoms with Crippen LogP contribution in [0.3, 0.4) is 0 Å². The third-order valence-electron chi connectivity index (χ3n) is 4.55. The van der Waals surface area contributed by atoms with Gasteiger partial charge in [-0.05, 0) is 55.9 Å². The molecule has 138 valence electrons. The number of para-hydroxylation sites is 1. The maximum Gasteiger partial charge on any atom is 0.230 e. The van der Waals surface area contributed by atoms with Crippen molar-refractivity contribution in [3.63, 3.8) is 0 Å². The van der Waals surface area contributed by atoms with Crippen LogP contribution in [0.15, 0.2) is 41.5 Å². The lowest BCUT2D eigenvalue weighted by Gasteiger charge is -2.24. The van der Waals surface area contributed by atoms with Gasteiger partial charge in [-0.1, -0.05) is 13.0 Å². The third kappa shape index (κ3) is 4.16. The Labute approximate surface area is 150 Å². The number of nitrogens with one attached hydrogen (secondary N) is 1. The maximum atomic E-state index is 13.9. The number of amidine groups is 1. The van der Waals surface area contributed by atoms with Crippen molar-refractivity contribution in [1.29, 1.82) is 0 Å². The molecule has 0 saturated heterocycles. The van der Waals surface area contributed by atoms with Crippen molar-refractivity contribution in [2.75, 3.05) is 0 Å². The second-order valence-corrected chi connectivity index (χ2v) is 6.51. The molecule has 26 heavy (non-hydrogen) atoms. The predicted molar refractivity (Wildman–Crippen MR) is 93.5 cm³/mol. The van der Waals surface area contributed by atoms with E-state index in [9.17, 15) is 14.0 Å². The molecular formula is C19H21F2N3O2. The lowest BCUT2D eigenvalue weighted by atomic mass is 9.88. The van der Waals surface area contributed by atoms with Gasteiger partial charge in [0.25, 0.3) is 0 Å². The van der Waals surface area contributed by atoms with Crippen LogP contribution in [0.25, 0.3) is 0 Å². The lowest BCUT2D eigenvalue weighted by molar-refractivity contribution is 0.232. The number of aliphatic imine (C=N–C) groups is 1. The first-order valence-corrected chi connectivity index (χ1v) is 8.63. The summed E-state index contributed by atoms with van der Waals surface area (Å²) in [5, 5.41) is 9.55. The average molecular weight is 361 g/mol. The van der Waals surface area contributed by atoms with Crippen LogP contribution in [0.2, 0.25) is 0 Å². The van der Waals surface area contributed by atoms with Crippen LogP contribution in [0.1, 0.15) is 38.2 Å². The molecule has 0 spiro atoms. The number of ether oxygens (including phenoxy) is 1. The van der Waals surface area contributed by atoms with Gasteiger partial charge in [0.05, 0.1) is 11.6 Å². The summed E-state index contributed by atoms with van der Waals surface area (Å²) in [6.45, 7) is 2.21. The molecule has 1 saturated carbocycles. The molecule has 2 aromatic rings. The number of hydrogen-bond donors (Lipinski definition) is 2. The average Bonchev–Trinajstić information content (AvgIpc) is 2.65. The Bertz CT molecular complexity index is 770. The Hall–Kier alpha value is -2.54. The van der Waals surface area contributed by atoms with Crippen molar-refractivity contribution >= 4 is 5.84 Å². The van der Waals surface area contributed by atoms with Gasteiger partial charge in [0.1, 0.15) is 0 Å². The molecule has 1 aromatic carbocycles. The van der Waals surface area contributed by atoms with E-state index < -0.39 is 17.4 Å². The van der Waals surface area contributed by atoms with E-state index in [4.69, 9.17) is 4.74 Å². The van der Waals surface area contributed by atoms with E-state index in [1.165, 1.54) is 12.3 Å². The summed E-state index contributed by atoms with van der Waals surface area (Å²) in [7, 11) is 0. The molecule has 0 radical (unpaired) electrons. The second-order valence-electron chi connectivity index (χ2n) is 6.51. The molecule has 7 heteroatoms. The van der Waals surface area contributed by atoms with Crippen LogP contribution in [-0.4, -0.2) is 22.1 Å². The number of rotatable bonds is 4. The van der Waals surface area contributed by atoms with Gasteiger partial charge < -0.3 is 4.74 Å². The van der Waals surface area contributed by atoms with Crippen molar-refractivity contribution in [3.05, 3.63) is 53.7 Å². The molecule has 1 aromatic heterocycles. The predicted octanol–water partition coefficient (Wildman–Crippen LogP) is 4.46. The molecule has 0 atom stereocenters. The van der Waals surface area contributed by atoms with Crippen molar-refractivity contribution < 1.29 is 18.7 Å². The van der Waals surface area contributed by atoms with Crippen LogP contribution in [0.4, 0.5) is 8.78 Å². The molecule has 5 nitrogen and oxygen atoms in total. The van der Waals surface area contributed by atoms with E-state index in [1.807, 2.05) is 0 Å². The quantitative estimate of drug-likeness (QED) is 0.479. The van der Waals surface area contributed by atoms with Gasteiger partial charge in [0.2, 0.25) is 11.6 Å². The highest BCUT2D eigenvalue weighted by Crippen LogP contribution is 2.29. The molecule has 2 N–H and O–H groups in total. The topological polar surface area (TPSA) is 66.7 Å². The Morgan fingerprint density at radius 2 is 1.85 bits per heavy atom. The first-order valence-electron chi connectivity index (χ1n) is 8.63. The smallest absolute Gasteiger partial charge is 0.230 e. The SMILES string of the molecule is CC1CCC(N=C(NO)c2cccnc2Oc2c(F)cccc2F)CC1. The van der Waals surface area contributed by atoms with Crippen molar-refractivity contribution in [2.24, 2.45) is 10.9 Å². The minimum absolute atomic E-state index is 0.0408. The standard InChI is InChI=1S/C19H21F2N3O2/c1-12-7-9-13(10-8-12)23-18(24-25)14-4-3-11-22-19(14)26-17-15(20)5-2-6-16(17)21/h2-6,11-13,25H,7-10H2,1H3,(H,23,24). The molecule has 1 aliphatic carbocycles. The fraction of sp³-hybridized carbons (Fsp3) is 0.368. The van der Waals surface area contributed by atoms with Crippen molar-refractivity contribution in [3.8, 4) is 11.6 Å². The molecular weight excluding hydrogens is 340 g/mol. The minimum atomic E-state index is -0.835. The highest BCUT2D eigenvalue weighted by molar-refractivity contribution is 6.00. The van der Waals surface area contributed by atoms with Crippen LogP contribution < -0.4 is 10.2 Å². The molecule has 1 heterocycles. The molecule has 0 aliphatic heterocycles. The fourth-order valence-electron chi connectivity index (χ4n) is 3.04. The van der Waals surface area contributed by atoms with Gasteiger partial charge in [-0.15, -0.1) is 0 Å². The largest absolute Gasteiger partial charge is 0.432 e. The van der Waals surface area contributed by atoms with Crippen molar-refractivity contribution in [2.45, 2.75) is 38.6 Å². The second kappa shape index (κ2) is 8.23. The van der Waals surface area contributed by atoms with Gasteiger partial charge in [-0.25, -0.2) is 13.8 Å². The number of nitrogens with zero attached hydrogens (tertiary/aromatic N) is 2. The van der Waals surface area contributed by atoms with Gasteiger partial charge in [0, 0.05) is 6.20 Å². The Balaban J connectivity index is 1.90. The minimum Gasteiger partial charge on any atom is -0.432 e. The normalized spacial score (nSPS) is 20.7. The third-order valence-corrected chi connectivity index (χ3v) is 4.55. The molecule has 0 bridgehead atoms. The number of hydroxylamine groups is 1. The van der Waals surface area contributed by atoms with Gasteiger partial charge in [0.15, 0.2) is 17.5 Å².